The zero-order chi connectivity index (χ0) is 17.8. The summed E-state index contributed by atoms with van der Waals surface area (Å²) in [5.41, 5.74) is 6.88. The fourth-order valence-electron chi connectivity index (χ4n) is 1.70. The molecule has 1 rings (SSSR count). The third-order valence-electron chi connectivity index (χ3n) is 2.76. The molecule has 0 saturated heterocycles. The second kappa shape index (κ2) is 10.9. The number of phenols is 1. The van der Waals surface area contributed by atoms with Gasteiger partial charge in [0.25, 0.3) is 5.70 Å². The Hall–Kier alpha value is -2.78. The Kier molecular flexibility index (Phi) is 9.56. The first-order valence-electron chi connectivity index (χ1n) is 6.97. The Morgan fingerprint density at radius 2 is 2.13 bits per heavy atom. The van der Waals surface area contributed by atoms with E-state index in [-0.39, 0.29) is 24.6 Å². The van der Waals surface area contributed by atoms with E-state index in [2.05, 4.69) is 12.8 Å². The van der Waals surface area contributed by atoms with Crippen LogP contribution >= 0.6 is 0 Å². The van der Waals surface area contributed by atoms with E-state index in [1.165, 1.54) is 12.1 Å². The molecule has 1 aromatic carbocycles. The molecule has 0 fully saturated rings. The molecule has 0 aliphatic carbocycles. The normalized spacial score (nSPS) is 11.3. The molecular formula is C17H22N2O4. The van der Waals surface area contributed by atoms with Crippen LogP contribution in [0, 0.1) is 23.0 Å². The number of allylic oxidation sites excluding steroid dienone is 2. The fourth-order valence-corrected chi connectivity index (χ4v) is 1.70. The van der Waals surface area contributed by atoms with Crippen molar-refractivity contribution in [2.75, 3.05) is 6.61 Å². The van der Waals surface area contributed by atoms with E-state index in [4.69, 9.17) is 10.5 Å². The zero-order valence-corrected chi connectivity index (χ0v) is 13.4. The number of nitro groups is 1. The Balaban J connectivity index is 0.00000232. The van der Waals surface area contributed by atoms with Crippen LogP contribution < -0.4 is 10.5 Å². The summed E-state index contributed by atoms with van der Waals surface area (Å²) in [6.45, 7) is 4.04. The molecular weight excluding hydrogens is 296 g/mol. The van der Waals surface area contributed by atoms with E-state index in [0.29, 0.717) is 17.7 Å². The number of aromatic hydroxyl groups is 1. The summed E-state index contributed by atoms with van der Waals surface area (Å²) in [7, 11) is 0. The molecule has 0 aliphatic heterocycles. The van der Waals surface area contributed by atoms with Crippen LogP contribution in [0.25, 0.3) is 0 Å². The van der Waals surface area contributed by atoms with Gasteiger partial charge < -0.3 is 15.6 Å². The first-order chi connectivity index (χ1) is 11.0. The van der Waals surface area contributed by atoms with E-state index < -0.39 is 4.92 Å². The lowest BCUT2D eigenvalue weighted by Crippen LogP contribution is -2.03. The van der Waals surface area contributed by atoms with Crippen molar-refractivity contribution in [3.63, 3.8) is 0 Å². The van der Waals surface area contributed by atoms with E-state index >= 15 is 0 Å². The minimum atomic E-state index is -0.417. The number of nitrogens with zero attached hydrogens (tertiary/aromatic N) is 1. The van der Waals surface area contributed by atoms with Gasteiger partial charge in [-0.3, -0.25) is 10.1 Å². The van der Waals surface area contributed by atoms with Gasteiger partial charge in [-0.15, -0.1) is 12.8 Å². The van der Waals surface area contributed by atoms with Crippen molar-refractivity contribution < 1.29 is 14.8 Å². The molecule has 0 unspecified atom stereocenters. The molecule has 0 spiro atoms. The first-order valence-corrected chi connectivity index (χ1v) is 6.97. The number of terminal acetylenes is 1. The van der Waals surface area contributed by atoms with E-state index in [1.54, 1.807) is 25.1 Å². The average molecular weight is 318 g/mol. The summed E-state index contributed by atoms with van der Waals surface area (Å²) >= 11 is 0. The van der Waals surface area contributed by atoms with Crippen LogP contribution in [-0.4, -0.2) is 16.6 Å². The minimum absolute atomic E-state index is 0.0620. The quantitative estimate of drug-likeness (QED) is 0.348. The van der Waals surface area contributed by atoms with Gasteiger partial charge in [0.2, 0.25) is 0 Å². The lowest BCUT2D eigenvalue weighted by molar-refractivity contribution is -0.419. The van der Waals surface area contributed by atoms with Gasteiger partial charge in [0.1, 0.15) is 18.1 Å². The number of nitrogens with two attached hydrogens (primary N) is 1. The van der Waals surface area contributed by atoms with Gasteiger partial charge >= 0.3 is 0 Å². The maximum Gasteiger partial charge on any atom is 0.265 e. The van der Waals surface area contributed by atoms with Crippen LogP contribution in [0.3, 0.4) is 0 Å². The van der Waals surface area contributed by atoms with Crippen molar-refractivity contribution in [1.82, 2.24) is 0 Å². The Morgan fingerprint density at radius 3 is 2.65 bits per heavy atom. The molecule has 6 nitrogen and oxygen atoms in total. The maximum absolute atomic E-state index is 10.8. The highest BCUT2D eigenvalue weighted by atomic mass is 16.6. The topological polar surface area (TPSA) is 98.6 Å². The zero-order valence-electron chi connectivity index (χ0n) is 13.4. The number of hydrogen-bond acceptors (Lipinski definition) is 5. The largest absolute Gasteiger partial charge is 0.508 e. The van der Waals surface area contributed by atoms with Gasteiger partial charge in [-0.05, 0) is 43.2 Å². The molecule has 0 aromatic heterocycles. The summed E-state index contributed by atoms with van der Waals surface area (Å²) in [4.78, 5) is 10.4. The standard InChI is InChI=1S/C15H20N2O4.C2H2/c1-3-4-13(17(19)20)7-11(2)10-21-14-5-6-15(18)12(8-14)9-16;1-2/h4-8,18H,3,9-10,16H2,1-2H3;1-2H/b11-7-,13-4+;. The smallest absolute Gasteiger partial charge is 0.265 e. The lowest BCUT2D eigenvalue weighted by atomic mass is 10.2. The van der Waals surface area contributed by atoms with Gasteiger partial charge in [-0.2, -0.15) is 0 Å². The summed E-state index contributed by atoms with van der Waals surface area (Å²) in [5.74, 6) is 0.682. The number of ether oxygens (including phenoxy) is 1. The summed E-state index contributed by atoms with van der Waals surface area (Å²) in [6.07, 6.45) is 11.6. The maximum atomic E-state index is 10.8. The van der Waals surface area contributed by atoms with Crippen LogP contribution in [0.1, 0.15) is 25.8 Å². The fraction of sp³-hybridized carbons (Fsp3) is 0.294. The number of hydrogen-bond donors (Lipinski definition) is 2. The van der Waals surface area contributed by atoms with Crippen LogP contribution in [-0.2, 0) is 6.54 Å². The highest BCUT2D eigenvalue weighted by molar-refractivity contribution is 5.39. The van der Waals surface area contributed by atoms with E-state index in [1.807, 2.05) is 6.92 Å². The molecule has 0 saturated carbocycles. The van der Waals surface area contributed by atoms with Crippen molar-refractivity contribution in [1.29, 1.82) is 0 Å². The molecule has 0 amide bonds. The van der Waals surface area contributed by atoms with Crippen LogP contribution in [0.15, 0.2) is 41.6 Å². The van der Waals surface area contributed by atoms with Crippen molar-refractivity contribution in [3.8, 4) is 24.3 Å². The molecule has 1 aromatic rings. The molecule has 124 valence electrons. The molecule has 0 heterocycles. The molecule has 0 aliphatic rings. The summed E-state index contributed by atoms with van der Waals surface area (Å²) in [5, 5.41) is 20.4. The second-order valence-corrected chi connectivity index (χ2v) is 4.57. The van der Waals surface area contributed by atoms with Crippen LogP contribution in [0.4, 0.5) is 0 Å². The van der Waals surface area contributed by atoms with Crippen molar-refractivity contribution in [2.45, 2.75) is 26.8 Å². The number of phenolic OH excluding ortho intramolecular Hbond substituents is 1. The molecule has 6 heteroatoms. The predicted octanol–water partition coefficient (Wildman–Crippen LogP) is 3.00. The monoisotopic (exact) mass is 318 g/mol. The van der Waals surface area contributed by atoms with Gasteiger partial charge in [-0.1, -0.05) is 6.92 Å². The van der Waals surface area contributed by atoms with Crippen LogP contribution in [0.5, 0.6) is 11.5 Å². The summed E-state index contributed by atoms with van der Waals surface area (Å²) < 4.78 is 5.54. The lowest BCUT2D eigenvalue weighted by Gasteiger charge is -2.09. The van der Waals surface area contributed by atoms with Gasteiger partial charge in [0.05, 0.1) is 4.92 Å². The average Bonchev–Trinajstić information content (AvgIpc) is 2.55. The van der Waals surface area contributed by atoms with Crippen LogP contribution in [0.2, 0.25) is 0 Å². The highest BCUT2D eigenvalue weighted by Crippen LogP contribution is 2.22. The number of benzene rings is 1. The highest BCUT2D eigenvalue weighted by Gasteiger charge is 2.07. The predicted molar refractivity (Wildman–Crippen MR) is 90.5 cm³/mol. The summed E-state index contributed by atoms with van der Waals surface area (Å²) in [6, 6.07) is 4.78. The van der Waals surface area contributed by atoms with Gasteiger partial charge in [0, 0.05) is 18.2 Å². The van der Waals surface area contributed by atoms with Gasteiger partial charge in [0.15, 0.2) is 0 Å². The molecule has 0 radical (unpaired) electrons. The van der Waals surface area contributed by atoms with E-state index in [0.717, 1.165) is 5.57 Å². The second-order valence-electron chi connectivity index (χ2n) is 4.57. The third kappa shape index (κ3) is 7.16. The SMILES string of the molecule is C#C.CC/C=C(\C=C(\C)COc1ccc(O)c(CN)c1)[N+](=O)[O-]. The molecule has 23 heavy (non-hydrogen) atoms. The molecule has 3 N–H and O–H groups in total. The Morgan fingerprint density at radius 1 is 1.48 bits per heavy atom. The van der Waals surface area contributed by atoms with E-state index in [9.17, 15) is 15.2 Å². The Bertz CT molecular complexity index is 604. The number of rotatable bonds is 7. The Labute approximate surface area is 136 Å². The van der Waals surface area contributed by atoms with Crippen molar-refractivity contribution in [2.24, 2.45) is 5.73 Å². The van der Waals surface area contributed by atoms with Crippen molar-refractivity contribution in [3.05, 3.63) is 57.3 Å². The first kappa shape index (κ1) is 20.2. The minimum Gasteiger partial charge on any atom is -0.508 e. The molecule has 0 atom stereocenters. The molecule has 0 bridgehead atoms. The third-order valence-corrected chi connectivity index (χ3v) is 2.76. The van der Waals surface area contributed by atoms with Gasteiger partial charge in [-0.25, -0.2) is 0 Å². The van der Waals surface area contributed by atoms with Crippen molar-refractivity contribution >= 4 is 0 Å².